The van der Waals surface area contributed by atoms with Crippen LogP contribution < -0.4 is 10.6 Å². The van der Waals surface area contributed by atoms with Gasteiger partial charge >= 0.3 is 0 Å². The minimum absolute atomic E-state index is 0.464. The Morgan fingerprint density at radius 2 is 1.92 bits per heavy atom. The quantitative estimate of drug-likeness (QED) is 0.611. The highest BCUT2D eigenvalue weighted by atomic mass is 15.4. The van der Waals surface area contributed by atoms with Gasteiger partial charge in [-0.2, -0.15) is 4.68 Å². The molecule has 0 atom stereocenters. The molecule has 0 unspecified atom stereocenters. The molecule has 7 heteroatoms. The molecule has 0 aliphatic heterocycles. The van der Waals surface area contributed by atoms with E-state index in [4.69, 9.17) is 5.73 Å². The van der Waals surface area contributed by atoms with Crippen LogP contribution in [-0.2, 0) is 0 Å². The Hall–Kier alpha value is -3.48. The van der Waals surface area contributed by atoms with Gasteiger partial charge in [-0.25, -0.2) is 9.97 Å². The lowest BCUT2D eigenvalue weighted by molar-refractivity contribution is 0.797. The Balaban J connectivity index is 1.85. The van der Waals surface area contributed by atoms with Crippen molar-refractivity contribution in [1.82, 2.24) is 25.0 Å². The average molecular weight is 345 g/mol. The third-order valence-corrected chi connectivity index (χ3v) is 4.28. The maximum atomic E-state index is 6.46. The molecule has 0 saturated carbocycles. The lowest BCUT2D eigenvalue weighted by Crippen LogP contribution is -2.20. The number of fused-ring (bicyclic) bond motifs is 1. The molecular formula is C19H19N7. The number of para-hydroxylation sites is 1. The van der Waals surface area contributed by atoms with Gasteiger partial charge in [-0.3, -0.25) is 0 Å². The maximum Gasteiger partial charge on any atom is 0.184 e. The van der Waals surface area contributed by atoms with Crippen LogP contribution in [0.4, 0.5) is 17.2 Å². The van der Waals surface area contributed by atoms with Crippen molar-refractivity contribution in [1.29, 1.82) is 0 Å². The molecule has 4 rings (SSSR count). The minimum Gasteiger partial charge on any atom is -0.393 e. The fourth-order valence-electron chi connectivity index (χ4n) is 3.04. The van der Waals surface area contributed by atoms with Gasteiger partial charge in [0.2, 0.25) is 0 Å². The van der Waals surface area contributed by atoms with Crippen LogP contribution in [0, 0.1) is 6.92 Å². The van der Waals surface area contributed by atoms with Gasteiger partial charge in [-0.1, -0.05) is 29.5 Å². The minimum atomic E-state index is 0.464. The molecule has 0 aliphatic carbocycles. The number of anilines is 3. The number of nitrogens with zero attached hydrogens (tertiary/aromatic N) is 6. The molecule has 0 spiro atoms. The molecule has 0 saturated heterocycles. The molecule has 2 heterocycles. The SMILES string of the molecule is CCN(c1cccc(C)c1)c1ncnc(-n2nnc3ccccc32)c1N. The van der Waals surface area contributed by atoms with E-state index in [1.165, 1.54) is 11.9 Å². The van der Waals surface area contributed by atoms with Crippen molar-refractivity contribution in [2.24, 2.45) is 0 Å². The summed E-state index contributed by atoms with van der Waals surface area (Å²) >= 11 is 0. The highest BCUT2D eigenvalue weighted by Crippen LogP contribution is 2.31. The van der Waals surface area contributed by atoms with Crippen LogP contribution >= 0.6 is 0 Å². The van der Waals surface area contributed by atoms with Gasteiger partial charge in [0.1, 0.15) is 17.5 Å². The molecule has 0 aliphatic rings. The molecule has 0 amide bonds. The zero-order valence-corrected chi connectivity index (χ0v) is 14.7. The number of aromatic nitrogens is 5. The first kappa shape index (κ1) is 16.0. The van der Waals surface area contributed by atoms with Crippen LogP contribution in [-0.4, -0.2) is 31.5 Å². The second-order valence-electron chi connectivity index (χ2n) is 6.01. The first-order chi connectivity index (χ1) is 12.7. The standard InChI is InChI=1S/C19H19N7/c1-3-25(14-8-6-7-13(2)11-14)18-17(20)19(22-12-21-18)26-16-10-5-4-9-15(16)23-24-26/h4-12H,3,20H2,1-2H3. The van der Waals surface area contributed by atoms with E-state index in [1.807, 2.05) is 36.4 Å². The molecule has 2 aromatic heterocycles. The molecule has 26 heavy (non-hydrogen) atoms. The number of hydrogen-bond donors (Lipinski definition) is 1. The molecule has 4 aromatic rings. The van der Waals surface area contributed by atoms with Crippen molar-refractivity contribution < 1.29 is 0 Å². The fourth-order valence-corrected chi connectivity index (χ4v) is 3.04. The van der Waals surface area contributed by atoms with Crippen molar-refractivity contribution in [2.75, 3.05) is 17.2 Å². The van der Waals surface area contributed by atoms with Crippen LogP contribution in [0.3, 0.4) is 0 Å². The summed E-state index contributed by atoms with van der Waals surface area (Å²) in [6.45, 7) is 4.85. The summed E-state index contributed by atoms with van der Waals surface area (Å²) in [5.74, 6) is 1.18. The number of aryl methyl sites for hydroxylation is 1. The summed E-state index contributed by atoms with van der Waals surface area (Å²) in [5.41, 5.74) is 10.8. The van der Waals surface area contributed by atoms with Gasteiger partial charge in [0.15, 0.2) is 11.6 Å². The lowest BCUT2D eigenvalue weighted by Gasteiger charge is -2.24. The van der Waals surface area contributed by atoms with Crippen molar-refractivity contribution >= 4 is 28.2 Å². The van der Waals surface area contributed by atoms with Crippen molar-refractivity contribution in [2.45, 2.75) is 13.8 Å². The molecule has 0 bridgehead atoms. The highest BCUT2D eigenvalue weighted by Gasteiger charge is 2.18. The van der Waals surface area contributed by atoms with E-state index in [0.717, 1.165) is 23.3 Å². The summed E-state index contributed by atoms with van der Waals surface area (Å²) in [6.07, 6.45) is 1.51. The molecule has 0 radical (unpaired) electrons. The Morgan fingerprint density at radius 1 is 1.08 bits per heavy atom. The summed E-state index contributed by atoms with van der Waals surface area (Å²) in [4.78, 5) is 10.9. The number of hydrogen-bond acceptors (Lipinski definition) is 6. The monoisotopic (exact) mass is 345 g/mol. The molecule has 130 valence electrons. The molecule has 7 nitrogen and oxygen atoms in total. The van der Waals surface area contributed by atoms with E-state index < -0.39 is 0 Å². The predicted octanol–water partition coefficient (Wildman–Crippen LogP) is 3.26. The Morgan fingerprint density at radius 3 is 2.73 bits per heavy atom. The molecular weight excluding hydrogens is 326 g/mol. The van der Waals surface area contributed by atoms with Crippen molar-refractivity contribution in [3.63, 3.8) is 0 Å². The first-order valence-electron chi connectivity index (χ1n) is 8.44. The lowest BCUT2D eigenvalue weighted by atomic mass is 10.2. The largest absolute Gasteiger partial charge is 0.393 e. The van der Waals surface area contributed by atoms with Crippen molar-refractivity contribution in [3.05, 3.63) is 60.4 Å². The van der Waals surface area contributed by atoms with E-state index in [-0.39, 0.29) is 0 Å². The van der Waals surface area contributed by atoms with E-state index in [2.05, 4.69) is 51.2 Å². The van der Waals surface area contributed by atoms with E-state index in [1.54, 1.807) is 4.68 Å². The predicted molar refractivity (Wildman–Crippen MR) is 103 cm³/mol. The maximum absolute atomic E-state index is 6.46. The van der Waals surface area contributed by atoms with Gasteiger partial charge in [-0.15, -0.1) is 5.10 Å². The third-order valence-electron chi connectivity index (χ3n) is 4.28. The van der Waals surface area contributed by atoms with Gasteiger partial charge < -0.3 is 10.6 Å². The number of nitrogens with two attached hydrogens (primary N) is 1. The number of benzene rings is 2. The topological polar surface area (TPSA) is 85.8 Å². The second-order valence-corrected chi connectivity index (χ2v) is 6.01. The summed E-state index contributed by atoms with van der Waals surface area (Å²) in [5, 5.41) is 8.40. The zero-order chi connectivity index (χ0) is 18.1. The van der Waals surface area contributed by atoms with E-state index >= 15 is 0 Å². The summed E-state index contributed by atoms with van der Waals surface area (Å²) < 4.78 is 1.65. The fraction of sp³-hybridized carbons (Fsp3) is 0.158. The van der Waals surface area contributed by atoms with Crippen LogP contribution in [0.1, 0.15) is 12.5 Å². The van der Waals surface area contributed by atoms with Gasteiger partial charge in [0.25, 0.3) is 0 Å². The smallest absolute Gasteiger partial charge is 0.184 e. The normalized spacial score (nSPS) is 11.0. The highest BCUT2D eigenvalue weighted by molar-refractivity contribution is 5.80. The first-order valence-corrected chi connectivity index (χ1v) is 8.44. The Kier molecular flexibility index (Phi) is 3.96. The average Bonchev–Trinajstić information content (AvgIpc) is 3.08. The van der Waals surface area contributed by atoms with Crippen LogP contribution in [0.5, 0.6) is 0 Å². The Labute approximate surface area is 151 Å². The third kappa shape index (κ3) is 2.63. The molecule has 0 fully saturated rings. The van der Waals surface area contributed by atoms with E-state index in [9.17, 15) is 0 Å². The molecule has 2 aromatic carbocycles. The van der Waals surface area contributed by atoms with Crippen LogP contribution in [0.2, 0.25) is 0 Å². The zero-order valence-electron chi connectivity index (χ0n) is 14.7. The summed E-state index contributed by atoms with van der Waals surface area (Å²) in [7, 11) is 0. The number of nitrogen functional groups attached to an aromatic ring is 1. The molecule has 2 N–H and O–H groups in total. The second kappa shape index (κ2) is 6.44. The van der Waals surface area contributed by atoms with Crippen LogP contribution in [0.15, 0.2) is 54.9 Å². The summed E-state index contributed by atoms with van der Waals surface area (Å²) in [6, 6.07) is 15.9. The van der Waals surface area contributed by atoms with Gasteiger partial charge in [0, 0.05) is 12.2 Å². The van der Waals surface area contributed by atoms with Crippen molar-refractivity contribution in [3.8, 4) is 5.82 Å². The Bertz CT molecular complexity index is 1070. The van der Waals surface area contributed by atoms with Crippen LogP contribution in [0.25, 0.3) is 16.9 Å². The van der Waals surface area contributed by atoms with E-state index in [0.29, 0.717) is 17.3 Å². The van der Waals surface area contributed by atoms with Gasteiger partial charge in [0.05, 0.1) is 5.52 Å². The van der Waals surface area contributed by atoms with Gasteiger partial charge in [-0.05, 0) is 43.7 Å². The number of rotatable bonds is 4.